The SMILES string of the molecule is O=C(O)OC(CCC(F)F)C(F)(F)F. The molecule has 0 aliphatic carbocycles. The van der Waals surface area contributed by atoms with Crippen molar-refractivity contribution in [3.05, 3.63) is 0 Å². The molecule has 0 heterocycles. The first-order valence-corrected chi connectivity index (χ1v) is 3.48. The van der Waals surface area contributed by atoms with Crippen LogP contribution in [0.15, 0.2) is 0 Å². The van der Waals surface area contributed by atoms with Crippen molar-refractivity contribution in [1.82, 2.24) is 0 Å². The fourth-order valence-corrected chi connectivity index (χ4v) is 0.688. The lowest BCUT2D eigenvalue weighted by molar-refractivity contribution is -0.210. The van der Waals surface area contributed by atoms with E-state index in [9.17, 15) is 26.7 Å². The second-order valence-corrected chi connectivity index (χ2v) is 2.38. The van der Waals surface area contributed by atoms with Crippen LogP contribution in [0.1, 0.15) is 12.8 Å². The van der Waals surface area contributed by atoms with Gasteiger partial charge in [-0.3, -0.25) is 0 Å². The van der Waals surface area contributed by atoms with E-state index in [0.29, 0.717) is 0 Å². The van der Waals surface area contributed by atoms with E-state index in [1.807, 2.05) is 0 Å². The molecule has 0 fully saturated rings. The van der Waals surface area contributed by atoms with Gasteiger partial charge in [0, 0.05) is 6.42 Å². The zero-order valence-electron chi connectivity index (χ0n) is 6.72. The molecule has 8 heteroatoms. The number of halogens is 5. The zero-order valence-corrected chi connectivity index (χ0v) is 6.72. The third kappa shape index (κ3) is 5.55. The minimum atomic E-state index is -4.95. The monoisotopic (exact) mass is 222 g/mol. The van der Waals surface area contributed by atoms with Gasteiger partial charge in [0.2, 0.25) is 12.5 Å². The molecule has 0 bridgehead atoms. The average molecular weight is 222 g/mol. The van der Waals surface area contributed by atoms with Gasteiger partial charge in [-0.05, 0) is 6.42 Å². The molecule has 84 valence electrons. The predicted molar refractivity (Wildman–Crippen MR) is 34.2 cm³/mol. The Kier molecular flexibility index (Phi) is 4.58. The molecule has 0 aromatic rings. The molecule has 0 aromatic carbocycles. The average Bonchev–Trinajstić information content (AvgIpc) is 1.94. The highest BCUT2D eigenvalue weighted by atomic mass is 19.4. The zero-order chi connectivity index (χ0) is 11.4. The minimum absolute atomic E-state index is 1.06. The molecule has 1 atom stereocenters. The standard InChI is InChI=1S/C6H7F5O3/c7-4(8)2-1-3(6(9,10)11)14-5(12)13/h3-4H,1-2H2,(H,12,13). The van der Waals surface area contributed by atoms with Crippen LogP contribution in [0.5, 0.6) is 0 Å². The first-order chi connectivity index (χ1) is 6.23. The normalized spacial score (nSPS) is 14.1. The van der Waals surface area contributed by atoms with Crippen LogP contribution in [-0.4, -0.2) is 30.0 Å². The highest BCUT2D eigenvalue weighted by Gasteiger charge is 2.42. The predicted octanol–water partition coefficient (Wildman–Crippen LogP) is 2.66. The van der Waals surface area contributed by atoms with Gasteiger partial charge in [0.15, 0.2) is 0 Å². The van der Waals surface area contributed by atoms with Gasteiger partial charge in [-0.25, -0.2) is 13.6 Å². The Morgan fingerprint density at radius 2 is 1.79 bits per heavy atom. The third-order valence-corrected chi connectivity index (χ3v) is 1.26. The summed E-state index contributed by atoms with van der Waals surface area (Å²) in [5.74, 6) is 0. The maximum Gasteiger partial charge on any atom is 0.506 e. The smallest absolute Gasteiger partial charge is 0.450 e. The van der Waals surface area contributed by atoms with E-state index in [4.69, 9.17) is 5.11 Å². The van der Waals surface area contributed by atoms with Crippen molar-refractivity contribution in [3.63, 3.8) is 0 Å². The molecule has 1 N–H and O–H groups in total. The second-order valence-electron chi connectivity index (χ2n) is 2.38. The van der Waals surface area contributed by atoms with Crippen molar-refractivity contribution >= 4 is 6.16 Å². The van der Waals surface area contributed by atoms with Crippen LogP contribution in [0.3, 0.4) is 0 Å². The van der Waals surface area contributed by atoms with Crippen molar-refractivity contribution in [2.24, 2.45) is 0 Å². The van der Waals surface area contributed by atoms with Crippen molar-refractivity contribution in [1.29, 1.82) is 0 Å². The van der Waals surface area contributed by atoms with Crippen LogP contribution < -0.4 is 0 Å². The molecule has 0 saturated carbocycles. The van der Waals surface area contributed by atoms with Crippen LogP contribution in [0.4, 0.5) is 26.7 Å². The Morgan fingerprint density at radius 1 is 1.29 bits per heavy atom. The summed E-state index contributed by atoms with van der Waals surface area (Å²) in [4.78, 5) is 9.79. The lowest BCUT2D eigenvalue weighted by Crippen LogP contribution is -2.33. The van der Waals surface area contributed by atoms with Crippen LogP contribution in [0, 0.1) is 0 Å². The molecule has 3 nitrogen and oxygen atoms in total. The lowest BCUT2D eigenvalue weighted by Gasteiger charge is -2.18. The van der Waals surface area contributed by atoms with E-state index in [0.717, 1.165) is 0 Å². The molecule has 0 aliphatic heterocycles. The number of hydrogen-bond donors (Lipinski definition) is 1. The Balaban J connectivity index is 4.19. The summed E-state index contributed by atoms with van der Waals surface area (Å²) in [7, 11) is 0. The van der Waals surface area contributed by atoms with E-state index >= 15 is 0 Å². The summed E-state index contributed by atoms with van der Waals surface area (Å²) in [6.07, 6.45) is -14.8. The summed E-state index contributed by atoms with van der Waals surface area (Å²) in [6, 6.07) is 0. The Hall–Kier alpha value is -1.08. The van der Waals surface area contributed by atoms with Crippen molar-refractivity contribution < 1.29 is 36.6 Å². The van der Waals surface area contributed by atoms with E-state index in [-0.39, 0.29) is 0 Å². The highest BCUT2D eigenvalue weighted by Crippen LogP contribution is 2.27. The largest absolute Gasteiger partial charge is 0.506 e. The fourth-order valence-electron chi connectivity index (χ4n) is 0.688. The second kappa shape index (κ2) is 4.97. The van der Waals surface area contributed by atoms with Gasteiger partial charge in [-0.15, -0.1) is 0 Å². The summed E-state index contributed by atoms with van der Waals surface area (Å²) >= 11 is 0. The fraction of sp³-hybridized carbons (Fsp3) is 0.833. The number of rotatable bonds is 4. The summed E-state index contributed by atoms with van der Waals surface area (Å²) in [6.45, 7) is 0. The van der Waals surface area contributed by atoms with Crippen LogP contribution >= 0.6 is 0 Å². The van der Waals surface area contributed by atoms with Crippen molar-refractivity contribution in [2.45, 2.75) is 31.5 Å². The van der Waals surface area contributed by atoms with Gasteiger partial charge in [0.25, 0.3) is 0 Å². The van der Waals surface area contributed by atoms with Crippen molar-refractivity contribution in [2.75, 3.05) is 0 Å². The molecule has 0 aliphatic rings. The molecule has 0 amide bonds. The molecular formula is C6H7F5O3. The third-order valence-electron chi connectivity index (χ3n) is 1.26. The molecule has 0 saturated heterocycles. The van der Waals surface area contributed by atoms with E-state index in [1.54, 1.807) is 0 Å². The van der Waals surface area contributed by atoms with E-state index in [2.05, 4.69) is 4.74 Å². The van der Waals surface area contributed by atoms with Gasteiger partial charge in [-0.2, -0.15) is 13.2 Å². The molecule has 0 radical (unpaired) electrons. The number of carbonyl (C=O) groups is 1. The molecule has 0 spiro atoms. The maximum atomic E-state index is 11.9. The van der Waals surface area contributed by atoms with Gasteiger partial charge in [0.1, 0.15) is 0 Å². The molecule has 0 rings (SSSR count). The molecule has 0 aromatic heterocycles. The minimum Gasteiger partial charge on any atom is -0.450 e. The van der Waals surface area contributed by atoms with Crippen LogP contribution in [0.25, 0.3) is 0 Å². The number of alkyl halides is 5. The quantitative estimate of drug-likeness (QED) is 0.587. The highest BCUT2D eigenvalue weighted by molar-refractivity contribution is 5.57. The summed E-state index contributed by atoms with van der Waals surface area (Å²) in [5, 5.41) is 7.90. The Bertz CT molecular complexity index is 190. The summed E-state index contributed by atoms with van der Waals surface area (Å²) in [5.41, 5.74) is 0. The van der Waals surface area contributed by atoms with Gasteiger partial charge in [0.05, 0.1) is 0 Å². The number of carboxylic acid groups (broad SMARTS) is 1. The Labute approximate surface area is 75.5 Å². The number of hydrogen-bond acceptors (Lipinski definition) is 2. The molecule has 14 heavy (non-hydrogen) atoms. The Morgan fingerprint density at radius 3 is 2.07 bits per heavy atom. The molecule has 1 unspecified atom stereocenters. The van der Waals surface area contributed by atoms with E-state index in [1.165, 1.54) is 0 Å². The lowest BCUT2D eigenvalue weighted by atomic mass is 10.2. The van der Waals surface area contributed by atoms with Crippen LogP contribution in [0.2, 0.25) is 0 Å². The van der Waals surface area contributed by atoms with E-state index < -0.39 is 37.7 Å². The van der Waals surface area contributed by atoms with Gasteiger partial charge >= 0.3 is 12.3 Å². The summed E-state index contributed by atoms with van der Waals surface area (Å²) < 4.78 is 62.2. The molecular weight excluding hydrogens is 215 g/mol. The number of ether oxygens (including phenoxy) is 1. The van der Waals surface area contributed by atoms with Crippen molar-refractivity contribution in [3.8, 4) is 0 Å². The maximum absolute atomic E-state index is 11.9. The van der Waals surface area contributed by atoms with Crippen LogP contribution in [-0.2, 0) is 4.74 Å². The topological polar surface area (TPSA) is 46.5 Å². The van der Waals surface area contributed by atoms with Gasteiger partial charge in [-0.1, -0.05) is 0 Å². The van der Waals surface area contributed by atoms with Gasteiger partial charge < -0.3 is 9.84 Å². The first kappa shape index (κ1) is 12.9. The first-order valence-electron chi connectivity index (χ1n) is 3.48.